The molecule has 7 heteroatoms. The van der Waals surface area contributed by atoms with Crippen molar-refractivity contribution in [3.63, 3.8) is 0 Å². The second kappa shape index (κ2) is 11.2. The van der Waals surface area contributed by atoms with Crippen molar-refractivity contribution in [3.05, 3.63) is 83.5 Å². The highest BCUT2D eigenvalue weighted by molar-refractivity contribution is 6.43. The fourth-order valence-electron chi connectivity index (χ4n) is 4.83. The van der Waals surface area contributed by atoms with Crippen molar-refractivity contribution in [2.45, 2.75) is 58.9 Å². The van der Waals surface area contributed by atoms with E-state index in [0.29, 0.717) is 34.8 Å². The van der Waals surface area contributed by atoms with Gasteiger partial charge in [0.15, 0.2) is 0 Å². The highest BCUT2D eigenvalue weighted by atomic mass is 19.1. The largest absolute Gasteiger partial charge is 0.335 e. The Morgan fingerprint density at radius 3 is 2.68 bits per heavy atom. The predicted molar refractivity (Wildman–Crippen MR) is 145 cm³/mol. The zero-order chi connectivity index (χ0) is 26.7. The van der Waals surface area contributed by atoms with E-state index in [1.54, 1.807) is 31.2 Å². The molecule has 0 spiro atoms. The van der Waals surface area contributed by atoms with Crippen LogP contribution in [0.5, 0.6) is 0 Å². The van der Waals surface area contributed by atoms with Crippen LogP contribution in [0.4, 0.5) is 8.78 Å². The molecule has 0 saturated carbocycles. The number of pyridine rings is 1. The minimum atomic E-state index is -0.537. The number of benzene rings is 1. The quantitative estimate of drug-likeness (QED) is 0.457. The van der Waals surface area contributed by atoms with E-state index in [1.165, 1.54) is 12.1 Å². The molecule has 2 aliphatic heterocycles. The average molecular weight is 505 g/mol. The van der Waals surface area contributed by atoms with Gasteiger partial charge in [0, 0.05) is 42.2 Å². The van der Waals surface area contributed by atoms with Crippen molar-refractivity contribution in [3.8, 4) is 11.3 Å². The summed E-state index contributed by atoms with van der Waals surface area (Å²) in [6.45, 7) is 10.7. The van der Waals surface area contributed by atoms with Crippen LogP contribution in [-0.4, -0.2) is 46.0 Å². The normalized spacial score (nSPS) is 19.4. The van der Waals surface area contributed by atoms with Gasteiger partial charge in [0.05, 0.1) is 0 Å². The molecule has 5 nitrogen and oxygen atoms in total. The summed E-state index contributed by atoms with van der Waals surface area (Å²) in [5.41, 5.74) is 3.11. The van der Waals surface area contributed by atoms with Crippen LogP contribution >= 0.6 is 0 Å². The molecule has 1 fully saturated rings. The van der Waals surface area contributed by atoms with Crippen LogP contribution in [0.3, 0.4) is 0 Å². The van der Waals surface area contributed by atoms with Crippen LogP contribution in [-0.2, 0) is 4.79 Å². The van der Waals surface area contributed by atoms with Crippen molar-refractivity contribution in [2.75, 3.05) is 13.6 Å². The Hall–Kier alpha value is -3.61. The minimum Gasteiger partial charge on any atom is -0.335 e. The summed E-state index contributed by atoms with van der Waals surface area (Å²) in [5.74, 6) is -0.602. The molecule has 1 amide bonds. The lowest BCUT2D eigenvalue weighted by Gasteiger charge is -2.31. The summed E-state index contributed by atoms with van der Waals surface area (Å²) < 4.78 is 29.5. The topological polar surface area (TPSA) is 48.8 Å². The maximum atomic E-state index is 15.2. The van der Waals surface area contributed by atoms with Gasteiger partial charge in [0.25, 0.3) is 5.91 Å². The van der Waals surface area contributed by atoms with Gasteiger partial charge in [-0.15, -0.1) is 0 Å². The summed E-state index contributed by atoms with van der Waals surface area (Å²) in [5, 5.41) is 0. The monoisotopic (exact) mass is 504 g/mol. The first-order valence-corrected chi connectivity index (χ1v) is 12.9. The van der Waals surface area contributed by atoms with E-state index in [9.17, 15) is 9.18 Å². The van der Waals surface area contributed by atoms with Gasteiger partial charge in [0.1, 0.15) is 28.9 Å². The number of allylic oxidation sites excluding steroid dienone is 3. The maximum absolute atomic E-state index is 15.2. The summed E-state index contributed by atoms with van der Waals surface area (Å²) in [7, 11) is 1.87. The molecule has 2 aliphatic rings. The smallest absolute Gasteiger partial charge is 0.272 e. The number of likely N-dealkylation sites (tertiary alicyclic amines) is 1. The molecule has 1 unspecified atom stereocenters. The molecule has 37 heavy (non-hydrogen) atoms. The number of rotatable bonds is 5. The molecule has 1 saturated heterocycles. The summed E-state index contributed by atoms with van der Waals surface area (Å²) in [4.78, 5) is 26.2. The van der Waals surface area contributed by atoms with Crippen molar-refractivity contribution < 1.29 is 13.6 Å². The van der Waals surface area contributed by atoms with Crippen LogP contribution in [0.25, 0.3) is 16.8 Å². The number of nitrogens with zero attached hydrogens (tertiary/aromatic N) is 4. The molecular formula is C30H34F2N4O. The highest BCUT2D eigenvalue weighted by Crippen LogP contribution is 2.29. The summed E-state index contributed by atoms with van der Waals surface area (Å²) >= 11 is 0. The fraction of sp³-hybridized carbons (Fsp3) is 0.367. The van der Waals surface area contributed by atoms with E-state index in [-0.39, 0.29) is 23.2 Å². The SMILES string of the molecule is C=C(/C=C1/N=C(C(=O)N2CCCCCC2C)C=C(CC)N1C)c1ccc(-c2nc(C)ccc2F)cc1F. The predicted octanol–water partition coefficient (Wildman–Crippen LogP) is 6.66. The number of halogens is 2. The third kappa shape index (κ3) is 5.71. The van der Waals surface area contributed by atoms with E-state index in [2.05, 4.69) is 23.5 Å². The number of carbonyl (C=O) groups excluding carboxylic acids is 1. The third-order valence-corrected chi connectivity index (χ3v) is 7.09. The number of aryl methyl sites for hydroxylation is 1. The number of carbonyl (C=O) groups is 1. The van der Waals surface area contributed by atoms with E-state index in [1.807, 2.05) is 29.8 Å². The minimum absolute atomic E-state index is 0.0758. The maximum Gasteiger partial charge on any atom is 0.272 e. The molecular weight excluding hydrogens is 470 g/mol. The molecule has 0 N–H and O–H groups in total. The number of aliphatic imine (C=N–C) groups is 1. The summed E-state index contributed by atoms with van der Waals surface area (Å²) in [6, 6.07) is 7.54. The number of hydrogen-bond donors (Lipinski definition) is 0. The van der Waals surface area contributed by atoms with Crippen molar-refractivity contribution in [1.82, 2.24) is 14.8 Å². The molecule has 1 aromatic carbocycles. The molecule has 4 rings (SSSR count). The Bertz CT molecular complexity index is 1310. The van der Waals surface area contributed by atoms with Gasteiger partial charge in [0.2, 0.25) is 0 Å². The van der Waals surface area contributed by atoms with Gasteiger partial charge in [-0.1, -0.05) is 38.5 Å². The van der Waals surface area contributed by atoms with Gasteiger partial charge in [-0.05, 0) is 69.0 Å². The van der Waals surface area contributed by atoms with Gasteiger partial charge < -0.3 is 9.80 Å². The van der Waals surface area contributed by atoms with Crippen LogP contribution in [0, 0.1) is 18.6 Å². The Kier molecular flexibility index (Phi) is 8.00. The van der Waals surface area contributed by atoms with Gasteiger partial charge in [-0.3, -0.25) is 9.78 Å². The van der Waals surface area contributed by atoms with E-state index in [0.717, 1.165) is 37.9 Å². The molecule has 3 heterocycles. The molecule has 1 atom stereocenters. The first-order chi connectivity index (χ1) is 17.7. The van der Waals surface area contributed by atoms with E-state index < -0.39 is 11.6 Å². The second-order valence-corrected chi connectivity index (χ2v) is 9.75. The highest BCUT2D eigenvalue weighted by Gasteiger charge is 2.28. The Morgan fingerprint density at radius 1 is 1.16 bits per heavy atom. The Morgan fingerprint density at radius 2 is 1.95 bits per heavy atom. The number of amides is 1. The Labute approximate surface area is 217 Å². The van der Waals surface area contributed by atoms with Crippen molar-refractivity contribution in [1.29, 1.82) is 0 Å². The number of hydrogen-bond acceptors (Lipinski definition) is 4. The van der Waals surface area contributed by atoms with E-state index in [4.69, 9.17) is 0 Å². The summed E-state index contributed by atoms with van der Waals surface area (Å²) in [6.07, 6.45) is 8.47. The standard InChI is InChI=1S/C30H34F2N4O/c1-6-23-18-27(30(37)36-15-9-7-8-10-21(36)4)34-28(35(23)5)16-19(2)24-13-12-22(17-26(24)32)29-25(31)14-11-20(3)33-29/h11-14,16-18,21H,2,6-10,15H2,1,3-5H3/b28-16-. The number of aromatic nitrogens is 1. The first-order valence-electron chi connectivity index (χ1n) is 12.9. The van der Waals surface area contributed by atoms with Crippen LogP contribution in [0.15, 0.2) is 65.6 Å². The molecule has 0 radical (unpaired) electrons. The van der Waals surface area contributed by atoms with Crippen LogP contribution in [0.1, 0.15) is 57.2 Å². The van der Waals surface area contributed by atoms with Crippen molar-refractivity contribution >= 4 is 17.2 Å². The van der Waals surface area contributed by atoms with Gasteiger partial charge in [-0.2, -0.15) is 0 Å². The third-order valence-electron chi connectivity index (χ3n) is 7.09. The average Bonchev–Trinajstić information content (AvgIpc) is 3.10. The second-order valence-electron chi connectivity index (χ2n) is 9.75. The molecule has 0 aliphatic carbocycles. The fourth-order valence-corrected chi connectivity index (χ4v) is 4.83. The van der Waals surface area contributed by atoms with E-state index >= 15 is 4.39 Å². The van der Waals surface area contributed by atoms with Gasteiger partial charge >= 0.3 is 0 Å². The van der Waals surface area contributed by atoms with Crippen molar-refractivity contribution in [2.24, 2.45) is 4.99 Å². The lowest BCUT2D eigenvalue weighted by atomic mass is 10.0. The Balaban J connectivity index is 1.64. The zero-order valence-electron chi connectivity index (χ0n) is 22.0. The van der Waals surface area contributed by atoms with Crippen LogP contribution < -0.4 is 0 Å². The first kappa shape index (κ1) is 26.5. The lowest BCUT2D eigenvalue weighted by Crippen LogP contribution is -2.43. The molecule has 1 aromatic heterocycles. The molecule has 0 bridgehead atoms. The molecule has 2 aromatic rings. The lowest BCUT2D eigenvalue weighted by molar-refractivity contribution is -0.125. The zero-order valence-corrected chi connectivity index (χ0v) is 22.0. The van der Waals surface area contributed by atoms with Gasteiger partial charge in [-0.25, -0.2) is 13.8 Å². The van der Waals surface area contributed by atoms with Crippen LogP contribution in [0.2, 0.25) is 0 Å². The molecule has 194 valence electrons.